The van der Waals surface area contributed by atoms with Crippen molar-refractivity contribution < 1.29 is 4.79 Å². The van der Waals surface area contributed by atoms with Crippen LogP contribution in [0, 0.1) is 11.6 Å². The van der Waals surface area contributed by atoms with Gasteiger partial charge in [-0.05, 0) is 18.6 Å². The maximum absolute atomic E-state index is 12.1. The van der Waals surface area contributed by atoms with Gasteiger partial charge in [-0.25, -0.2) is 0 Å². The van der Waals surface area contributed by atoms with Crippen LogP contribution in [0.3, 0.4) is 0 Å². The third kappa shape index (κ3) is 2.09. The van der Waals surface area contributed by atoms with E-state index >= 15 is 0 Å². The first-order chi connectivity index (χ1) is 7.68. The highest BCUT2D eigenvalue weighted by Crippen LogP contribution is 2.10. The number of ketones is 1. The first-order valence-electron chi connectivity index (χ1n) is 4.97. The van der Waals surface area contributed by atoms with E-state index in [1.54, 1.807) is 18.3 Å². The van der Waals surface area contributed by atoms with Crippen molar-refractivity contribution in [1.29, 1.82) is 0 Å². The molecule has 80 valence electrons. The Morgan fingerprint density at radius 1 is 1.19 bits per heavy atom. The molecular formula is C13H11NOS. The number of H-pyrrole nitrogens is 1. The standard InChI is InChI=1S/C13H11NOS/c1-9-7-11(8-14-13(9)16)12(15)10-5-3-2-4-6-10/h2-8H,1H3,(H,14,16). The van der Waals surface area contributed by atoms with Crippen LogP contribution >= 0.6 is 12.2 Å². The number of carbonyl (C=O) groups excluding carboxylic acids is 1. The first-order valence-corrected chi connectivity index (χ1v) is 5.38. The highest BCUT2D eigenvalue weighted by molar-refractivity contribution is 7.71. The zero-order valence-electron chi connectivity index (χ0n) is 8.86. The molecule has 16 heavy (non-hydrogen) atoms. The lowest BCUT2D eigenvalue weighted by molar-refractivity contribution is 0.103. The molecular weight excluding hydrogens is 218 g/mol. The number of rotatable bonds is 2. The van der Waals surface area contributed by atoms with Crippen LogP contribution in [-0.4, -0.2) is 10.8 Å². The van der Waals surface area contributed by atoms with Crippen molar-refractivity contribution in [2.75, 3.05) is 0 Å². The van der Waals surface area contributed by atoms with E-state index in [9.17, 15) is 4.79 Å². The van der Waals surface area contributed by atoms with E-state index < -0.39 is 0 Å². The minimum absolute atomic E-state index is 0.00921. The third-order valence-corrected chi connectivity index (χ3v) is 2.83. The monoisotopic (exact) mass is 229 g/mol. The molecule has 0 saturated heterocycles. The Balaban J connectivity index is 2.42. The Morgan fingerprint density at radius 2 is 1.88 bits per heavy atom. The van der Waals surface area contributed by atoms with Crippen LogP contribution in [-0.2, 0) is 0 Å². The highest BCUT2D eigenvalue weighted by Gasteiger charge is 2.08. The lowest BCUT2D eigenvalue weighted by atomic mass is 10.0. The number of aromatic amines is 1. The topological polar surface area (TPSA) is 32.9 Å². The van der Waals surface area contributed by atoms with Crippen molar-refractivity contribution in [3.63, 3.8) is 0 Å². The maximum atomic E-state index is 12.1. The van der Waals surface area contributed by atoms with Crippen molar-refractivity contribution in [1.82, 2.24) is 4.98 Å². The van der Waals surface area contributed by atoms with Gasteiger partial charge in [-0.1, -0.05) is 42.5 Å². The summed E-state index contributed by atoms with van der Waals surface area (Å²) < 4.78 is 0.671. The number of aryl methyl sites for hydroxylation is 1. The predicted octanol–water partition coefficient (Wildman–Crippen LogP) is 3.28. The Kier molecular flexibility index (Phi) is 2.97. The molecule has 1 aromatic heterocycles. The van der Waals surface area contributed by atoms with E-state index in [0.29, 0.717) is 15.8 Å². The van der Waals surface area contributed by atoms with Gasteiger partial charge in [0.15, 0.2) is 5.78 Å². The summed E-state index contributed by atoms with van der Waals surface area (Å²) in [5, 5.41) is 0. The van der Waals surface area contributed by atoms with Gasteiger partial charge in [0.2, 0.25) is 0 Å². The molecule has 2 rings (SSSR count). The van der Waals surface area contributed by atoms with Crippen LogP contribution in [0.2, 0.25) is 0 Å². The number of hydrogen-bond acceptors (Lipinski definition) is 2. The van der Waals surface area contributed by atoms with Crippen LogP contribution < -0.4 is 0 Å². The SMILES string of the molecule is Cc1cc(C(=O)c2ccccc2)c[nH]c1=S. The van der Waals surface area contributed by atoms with Crippen LogP contribution in [0.25, 0.3) is 0 Å². The highest BCUT2D eigenvalue weighted by atomic mass is 32.1. The molecule has 0 saturated carbocycles. The lowest BCUT2D eigenvalue weighted by Gasteiger charge is -2.02. The van der Waals surface area contributed by atoms with E-state index in [-0.39, 0.29) is 5.78 Å². The Labute approximate surface area is 99.0 Å². The van der Waals surface area contributed by atoms with E-state index in [2.05, 4.69) is 4.98 Å². The minimum atomic E-state index is 0.00921. The summed E-state index contributed by atoms with van der Waals surface area (Å²) in [6, 6.07) is 11.0. The van der Waals surface area contributed by atoms with Crippen LogP contribution in [0.15, 0.2) is 42.6 Å². The third-order valence-electron chi connectivity index (χ3n) is 2.39. The van der Waals surface area contributed by atoms with Crippen LogP contribution in [0.1, 0.15) is 21.5 Å². The molecule has 0 atom stereocenters. The fourth-order valence-corrected chi connectivity index (χ4v) is 1.60. The summed E-state index contributed by atoms with van der Waals surface area (Å²) in [5.41, 5.74) is 2.24. The summed E-state index contributed by atoms with van der Waals surface area (Å²) in [4.78, 5) is 15.0. The summed E-state index contributed by atoms with van der Waals surface area (Å²) in [6.07, 6.45) is 1.66. The van der Waals surface area contributed by atoms with E-state index in [1.165, 1.54) is 0 Å². The second-order valence-electron chi connectivity index (χ2n) is 3.60. The summed E-state index contributed by atoms with van der Waals surface area (Å²) in [6.45, 7) is 1.89. The Morgan fingerprint density at radius 3 is 2.50 bits per heavy atom. The van der Waals surface area contributed by atoms with Gasteiger partial charge in [-0.2, -0.15) is 0 Å². The van der Waals surface area contributed by atoms with E-state index in [0.717, 1.165) is 5.56 Å². The van der Waals surface area contributed by atoms with Crippen molar-refractivity contribution in [3.8, 4) is 0 Å². The average Bonchev–Trinajstić information content (AvgIpc) is 2.33. The molecule has 1 N–H and O–H groups in total. The molecule has 2 nitrogen and oxygen atoms in total. The van der Waals surface area contributed by atoms with Crippen LogP contribution in [0.5, 0.6) is 0 Å². The van der Waals surface area contributed by atoms with E-state index in [4.69, 9.17) is 12.2 Å². The number of nitrogens with one attached hydrogen (secondary N) is 1. The molecule has 0 aliphatic carbocycles. The molecule has 3 heteroatoms. The number of aromatic nitrogens is 1. The minimum Gasteiger partial charge on any atom is -0.352 e. The van der Waals surface area contributed by atoms with Crippen molar-refractivity contribution >= 4 is 18.0 Å². The van der Waals surface area contributed by atoms with Gasteiger partial charge in [0.1, 0.15) is 4.64 Å². The molecule has 2 aromatic rings. The molecule has 0 unspecified atom stereocenters. The van der Waals surface area contributed by atoms with Crippen molar-refractivity contribution in [2.24, 2.45) is 0 Å². The maximum Gasteiger partial charge on any atom is 0.194 e. The smallest absolute Gasteiger partial charge is 0.194 e. The second-order valence-corrected chi connectivity index (χ2v) is 4.00. The summed E-state index contributed by atoms with van der Waals surface area (Å²) >= 11 is 5.05. The van der Waals surface area contributed by atoms with Gasteiger partial charge in [0.25, 0.3) is 0 Å². The zero-order valence-corrected chi connectivity index (χ0v) is 9.67. The molecule has 0 amide bonds. The molecule has 0 bridgehead atoms. The van der Waals surface area contributed by atoms with Gasteiger partial charge < -0.3 is 4.98 Å². The summed E-state index contributed by atoms with van der Waals surface area (Å²) in [7, 11) is 0. The molecule has 1 aromatic carbocycles. The summed E-state index contributed by atoms with van der Waals surface area (Å²) in [5.74, 6) is 0.00921. The van der Waals surface area contributed by atoms with Gasteiger partial charge in [0, 0.05) is 17.3 Å². The largest absolute Gasteiger partial charge is 0.352 e. The number of hydrogen-bond donors (Lipinski definition) is 1. The number of pyridine rings is 1. The van der Waals surface area contributed by atoms with Gasteiger partial charge in [-0.15, -0.1) is 0 Å². The van der Waals surface area contributed by atoms with Crippen LogP contribution in [0.4, 0.5) is 0 Å². The molecule has 0 fully saturated rings. The second kappa shape index (κ2) is 4.41. The first kappa shape index (κ1) is 10.8. The van der Waals surface area contributed by atoms with Gasteiger partial charge >= 0.3 is 0 Å². The fraction of sp³-hybridized carbons (Fsp3) is 0.0769. The quantitative estimate of drug-likeness (QED) is 0.633. The number of carbonyl (C=O) groups is 1. The molecule has 1 heterocycles. The molecule has 0 aliphatic rings. The van der Waals surface area contributed by atoms with Gasteiger partial charge in [-0.3, -0.25) is 4.79 Å². The van der Waals surface area contributed by atoms with E-state index in [1.807, 2.05) is 31.2 Å². The van der Waals surface area contributed by atoms with Crippen molar-refractivity contribution in [3.05, 3.63) is 63.9 Å². The normalized spacial score (nSPS) is 10.1. The molecule has 0 spiro atoms. The average molecular weight is 229 g/mol. The Bertz CT molecular complexity index is 572. The molecule has 0 aliphatic heterocycles. The zero-order chi connectivity index (χ0) is 11.5. The molecule has 0 radical (unpaired) electrons. The van der Waals surface area contributed by atoms with Gasteiger partial charge in [0.05, 0.1) is 0 Å². The predicted molar refractivity (Wildman–Crippen MR) is 66.2 cm³/mol. The number of benzene rings is 1. The fourth-order valence-electron chi connectivity index (χ4n) is 1.48. The lowest BCUT2D eigenvalue weighted by Crippen LogP contribution is -2.02. The van der Waals surface area contributed by atoms with Crippen molar-refractivity contribution in [2.45, 2.75) is 6.92 Å². The Hall–Kier alpha value is -1.74.